The van der Waals surface area contributed by atoms with Gasteiger partial charge in [0.1, 0.15) is 18.1 Å². The van der Waals surface area contributed by atoms with E-state index in [1.54, 1.807) is 0 Å². The molecule has 15 heteroatoms. The van der Waals surface area contributed by atoms with Crippen molar-refractivity contribution in [2.75, 3.05) is 12.0 Å². The van der Waals surface area contributed by atoms with Gasteiger partial charge in [-0.25, -0.2) is 4.79 Å². The molecule has 0 saturated carbocycles. The molecule has 14 nitrogen and oxygen atoms in total. The number of hydrogen-bond acceptors (Lipinski definition) is 9. The first-order chi connectivity index (χ1) is 14.8. The minimum Gasteiger partial charge on any atom is -0.481 e. The first-order valence-electron chi connectivity index (χ1n) is 9.36. The second-order valence-corrected chi connectivity index (χ2v) is 7.83. The number of thioether (sulfide) groups is 1. The van der Waals surface area contributed by atoms with Crippen LogP contribution in [-0.4, -0.2) is 93.2 Å². The van der Waals surface area contributed by atoms with Gasteiger partial charge < -0.3 is 42.7 Å². The van der Waals surface area contributed by atoms with Crippen LogP contribution >= 0.6 is 11.8 Å². The van der Waals surface area contributed by atoms with Crippen LogP contribution in [0.4, 0.5) is 0 Å². The summed E-state index contributed by atoms with van der Waals surface area (Å²) >= 11 is 1.45. The Labute approximate surface area is 187 Å². The Kier molecular flexibility index (Phi) is 12.9. The van der Waals surface area contributed by atoms with Crippen molar-refractivity contribution < 1.29 is 44.1 Å². The van der Waals surface area contributed by atoms with Gasteiger partial charge in [0.05, 0.1) is 25.0 Å². The van der Waals surface area contributed by atoms with Crippen LogP contribution in [0.1, 0.15) is 26.2 Å². The summed E-state index contributed by atoms with van der Waals surface area (Å²) in [4.78, 5) is 70.4. The highest BCUT2D eigenvalue weighted by Crippen LogP contribution is 2.03. The molecule has 0 heterocycles. The summed E-state index contributed by atoms with van der Waals surface area (Å²) in [6.45, 7) is 1.19. The Morgan fingerprint density at radius 3 is 1.91 bits per heavy atom. The third kappa shape index (κ3) is 10.9. The Morgan fingerprint density at radius 1 is 0.906 bits per heavy atom. The van der Waals surface area contributed by atoms with E-state index in [-0.39, 0.29) is 0 Å². The Balaban J connectivity index is 5.42. The van der Waals surface area contributed by atoms with Crippen LogP contribution in [-0.2, 0) is 28.8 Å². The van der Waals surface area contributed by atoms with Crippen LogP contribution in [0.15, 0.2) is 0 Å². The van der Waals surface area contributed by atoms with Gasteiger partial charge in [-0.05, 0) is 25.4 Å². The minimum absolute atomic E-state index is 0.300. The summed E-state index contributed by atoms with van der Waals surface area (Å²) in [6.07, 6.45) is -1.04. The third-order valence-electron chi connectivity index (χ3n) is 4.06. The van der Waals surface area contributed by atoms with Gasteiger partial charge in [-0.3, -0.25) is 24.0 Å². The van der Waals surface area contributed by atoms with Crippen LogP contribution < -0.4 is 27.4 Å². The highest BCUT2D eigenvalue weighted by molar-refractivity contribution is 7.98. The number of hydrogen-bond donors (Lipinski definition) is 8. The summed E-state index contributed by atoms with van der Waals surface area (Å²) in [7, 11) is 0. The number of carbonyl (C=O) groups excluding carboxylic acids is 4. The molecule has 182 valence electrons. The van der Waals surface area contributed by atoms with Gasteiger partial charge in [-0.1, -0.05) is 0 Å². The lowest BCUT2D eigenvalue weighted by Gasteiger charge is -2.26. The summed E-state index contributed by atoms with van der Waals surface area (Å²) < 4.78 is 0. The van der Waals surface area contributed by atoms with Gasteiger partial charge in [-0.15, -0.1) is 0 Å². The molecule has 0 aliphatic heterocycles. The van der Waals surface area contributed by atoms with Crippen molar-refractivity contribution in [3.05, 3.63) is 0 Å². The zero-order chi connectivity index (χ0) is 25.0. The predicted octanol–water partition coefficient (Wildman–Crippen LogP) is -3.66. The quantitative estimate of drug-likeness (QED) is 0.114. The molecule has 10 N–H and O–H groups in total. The number of carbonyl (C=O) groups is 6. The lowest BCUT2D eigenvalue weighted by molar-refractivity contribution is -0.147. The fourth-order valence-electron chi connectivity index (χ4n) is 2.36. The Hall–Kier alpha value is -2.91. The molecule has 32 heavy (non-hydrogen) atoms. The molecule has 0 aliphatic carbocycles. The van der Waals surface area contributed by atoms with Crippen molar-refractivity contribution >= 4 is 47.3 Å². The van der Waals surface area contributed by atoms with Gasteiger partial charge in [0.2, 0.25) is 23.6 Å². The molecule has 0 spiro atoms. The molecule has 0 radical (unpaired) electrons. The van der Waals surface area contributed by atoms with Crippen molar-refractivity contribution in [2.45, 2.75) is 56.5 Å². The maximum absolute atomic E-state index is 12.6. The van der Waals surface area contributed by atoms with E-state index in [1.807, 2.05) is 11.6 Å². The predicted molar refractivity (Wildman–Crippen MR) is 112 cm³/mol. The largest absolute Gasteiger partial charge is 0.481 e. The van der Waals surface area contributed by atoms with Gasteiger partial charge >= 0.3 is 11.9 Å². The number of carboxylic acid groups (broad SMARTS) is 2. The van der Waals surface area contributed by atoms with E-state index in [2.05, 4.69) is 10.6 Å². The van der Waals surface area contributed by atoms with Crippen molar-refractivity contribution in [3.63, 3.8) is 0 Å². The topological polar surface area (TPSA) is 251 Å². The molecule has 5 unspecified atom stereocenters. The molecule has 5 atom stereocenters. The number of carboxylic acids is 2. The fourth-order valence-corrected chi connectivity index (χ4v) is 2.85. The number of aliphatic carboxylic acids is 2. The second kappa shape index (κ2) is 14.2. The standard InChI is InChI=1S/C17H29N5O9S/c1-7(23)13(22-14(27)8(18)3-4-32-2)16(29)20-9(5-11(19)24)15(28)21-10(17(30)31)6-12(25)26/h7-10,13,23H,3-6,18H2,1-2H3,(H2,19,24)(H,20,29)(H,21,28)(H,22,27)(H,25,26)(H,30,31). The van der Waals surface area contributed by atoms with E-state index >= 15 is 0 Å². The van der Waals surface area contributed by atoms with Crippen LogP contribution in [0, 0.1) is 0 Å². The summed E-state index contributed by atoms with van der Waals surface area (Å²) in [5, 5.41) is 33.9. The minimum atomic E-state index is -1.84. The van der Waals surface area contributed by atoms with E-state index in [0.717, 1.165) is 0 Å². The number of primary amides is 1. The van der Waals surface area contributed by atoms with Crippen molar-refractivity contribution in [1.29, 1.82) is 0 Å². The molecular weight excluding hydrogens is 450 g/mol. The zero-order valence-corrected chi connectivity index (χ0v) is 18.4. The van der Waals surface area contributed by atoms with E-state index in [1.165, 1.54) is 18.7 Å². The van der Waals surface area contributed by atoms with E-state index < -0.39 is 78.7 Å². The van der Waals surface area contributed by atoms with Crippen molar-refractivity contribution in [3.8, 4) is 0 Å². The molecular formula is C17H29N5O9S. The molecule has 4 amide bonds. The second-order valence-electron chi connectivity index (χ2n) is 6.84. The normalized spacial score (nSPS) is 15.4. The molecule has 0 saturated heterocycles. The number of aliphatic hydroxyl groups is 1. The molecule has 0 bridgehead atoms. The lowest BCUT2D eigenvalue weighted by atomic mass is 10.1. The molecule has 0 aromatic carbocycles. The average molecular weight is 480 g/mol. The maximum Gasteiger partial charge on any atom is 0.326 e. The number of nitrogens with two attached hydrogens (primary N) is 2. The van der Waals surface area contributed by atoms with Gasteiger partial charge in [0, 0.05) is 0 Å². The number of rotatable bonds is 15. The van der Waals surface area contributed by atoms with Gasteiger partial charge in [0.15, 0.2) is 0 Å². The van der Waals surface area contributed by atoms with Crippen LogP contribution in [0.3, 0.4) is 0 Å². The number of amides is 4. The average Bonchev–Trinajstić information content (AvgIpc) is 2.67. The lowest BCUT2D eigenvalue weighted by Crippen LogP contribution is -2.60. The zero-order valence-electron chi connectivity index (χ0n) is 17.6. The smallest absolute Gasteiger partial charge is 0.326 e. The van der Waals surface area contributed by atoms with Crippen molar-refractivity contribution in [2.24, 2.45) is 11.5 Å². The first-order valence-corrected chi connectivity index (χ1v) is 10.8. The van der Waals surface area contributed by atoms with E-state index in [4.69, 9.17) is 21.7 Å². The Morgan fingerprint density at radius 2 is 1.47 bits per heavy atom. The summed E-state index contributed by atoms with van der Waals surface area (Å²) in [5.41, 5.74) is 10.8. The SMILES string of the molecule is CSCCC(N)C(=O)NC(C(=O)NC(CC(N)=O)C(=O)NC(CC(=O)O)C(=O)O)C(C)O. The van der Waals surface area contributed by atoms with E-state index in [0.29, 0.717) is 12.2 Å². The number of nitrogens with one attached hydrogen (secondary N) is 3. The van der Waals surface area contributed by atoms with Crippen LogP contribution in [0.2, 0.25) is 0 Å². The third-order valence-corrected chi connectivity index (χ3v) is 4.71. The van der Waals surface area contributed by atoms with Gasteiger partial charge in [-0.2, -0.15) is 11.8 Å². The molecule has 0 aromatic heterocycles. The summed E-state index contributed by atoms with van der Waals surface area (Å²) in [5.74, 6) is -6.63. The fraction of sp³-hybridized carbons (Fsp3) is 0.647. The molecule has 0 aromatic rings. The molecule has 0 fully saturated rings. The monoisotopic (exact) mass is 479 g/mol. The van der Waals surface area contributed by atoms with Crippen LogP contribution in [0.5, 0.6) is 0 Å². The van der Waals surface area contributed by atoms with E-state index in [9.17, 15) is 33.9 Å². The van der Waals surface area contributed by atoms with Crippen molar-refractivity contribution in [1.82, 2.24) is 16.0 Å². The first kappa shape index (κ1) is 29.1. The highest BCUT2D eigenvalue weighted by Gasteiger charge is 2.33. The van der Waals surface area contributed by atoms with Crippen LogP contribution in [0.25, 0.3) is 0 Å². The number of aliphatic hydroxyl groups excluding tert-OH is 1. The highest BCUT2D eigenvalue weighted by atomic mass is 32.2. The maximum atomic E-state index is 12.6. The van der Waals surface area contributed by atoms with Gasteiger partial charge in [0.25, 0.3) is 0 Å². The Bertz CT molecular complexity index is 719. The summed E-state index contributed by atoms with van der Waals surface area (Å²) in [6, 6.07) is -6.05. The molecule has 0 aliphatic rings. The molecule has 0 rings (SSSR count).